The first kappa shape index (κ1) is 25.2. The van der Waals surface area contributed by atoms with Crippen molar-refractivity contribution in [3.8, 4) is 0 Å². The molecule has 2 aromatic carbocycles. The van der Waals surface area contributed by atoms with E-state index in [1.165, 1.54) is 12.1 Å². The summed E-state index contributed by atoms with van der Waals surface area (Å²) in [5.74, 6) is -1.69. The Morgan fingerprint density at radius 3 is 2.24 bits per heavy atom. The van der Waals surface area contributed by atoms with Gasteiger partial charge in [-0.1, -0.05) is 35.3 Å². The van der Waals surface area contributed by atoms with Gasteiger partial charge in [0, 0.05) is 28.6 Å². The molecular formula is C22H23Cl2N3O5S. The molecule has 1 aliphatic heterocycles. The molecule has 0 spiro atoms. The Labute approximate surface area is 201 Å². The molecule has 1 saturated heterocycles. The van der Waals surface area contributed by atoms with Crippen molar-refractivity contribution in [2.75, 3.05) is 0 Å². The monoisotopic (exact) mass is 511 g/mol. The summed E-state index contributed by atoms with van der Waals surface area (Å²) in [5, 5.41) is 10.8. The fourth-order valence-corrected chi connectivity index (χ4v) is 4.95. The average molecular weight is 512 g/mol. The lowest BCUT2D eigenvalue weighted by Crippen LogP contribution is -2.40. The average Bonchev–Trinajstić information content (AvgIpc) is 2.72. The number of benzene rings is 2. The van der Waals surface area contributed by atoms with E-state index in [-0.39, 0.29) is 39.7 Å². The van der Waals surface area contributed by atoms with Crippen LogP contribution in [0.5, 0.6) is 0 Å². The minimum Gasteiger partial charge on any atom is -0.351 e. The Hall–Kier alpha value is -2.46. The van der Waals surface area contributed by atoms with Crippen LogP contribution in [0.3, 0.4) is 0 Å². The quantitative estimate of drug-likeness (QED) is 0.512. The summed E-state index contributed by atoms with van der Waals surface area (Å²) in [6.45, 7) is 3.55. The van der Waals surface area contributed by atoms with E-state index < -0.39 is 27.3 Å². The van der Waals surface area contributed by atoms with Gasteiger partial charge >= 0.3 is 0 Å². The van der Waals surface area contributed by atoms with Crippen LogP contribution >= 0.6 is 23.2 Å². The number of hydrogen-bond acceptors (Lipinski definition) is 5. The number of primary sulfonamides is 1. The van der Waals surface area contributed by atoms with Crippen LogP contribution in [0.1, 0.15) is 49.3 Å². The van der Waals surface area contributed by atoms with Gasteiger partial charge in [-0.15, -0.1) is 0 Å². The molecule has 11 heteroatoms. The Balaban J connectivity index is 1.73. The highest BCUT2D eigenvalue weighted by molar-refractivity contribution is 7.89. The van der Waals surface area contributed by atoms with Crippen LogP contribution in [0.4, 0.5) is 0 Å². The Morgan fingerprint density at radius 1 is 1.15 bits per heavy atom. The summed E-state index contributed by atoms with van der Waals surface area (Å²) in [7, 11) is -3.82. The van der Waals surface area contributed by atoms with E-state index in [9.17, 15) is 22.8 Å². The van der Waals surface area contributed by atoms with Crippen molar-refractivity contribution in [3.05, 3.63) is 63.1 Å². The number of carbonyl (C=O) groups excluding carboxylic acids is 3. The molecule has 0 aliphatic carbocycles. The third-order valence-corrected chi connectivity index (χ3v) is 7.21. The van der Waals surface area contributed by atoms with E-state index in [1.807, 2.05) is 0 Å². The highest BCUT2D eigenvalue weighted by Gasteiger charge is 2.32. The van der Waals surface area contributed by atoms with Crippen molar-refractivity contribution in [2.24, 2.45) is 5.14 Å². The first-order chi connectivity index (χ1) is 15.3. The van der Waals surface area contributed by atoms with Crippen LogP contribution in [-0.4, -0.2) is 26.1 Å². The number of amides is 3. The number of carbonyl (C=O) groups is 3. The van der Waals surface area contributed by atoms with E-state index in [0.717, 1.165) is 0 Å². The summed E-state index contributed by atoms with van der Waals surface area (Å²) in [6, 6.07) is 9.05. The van der Waals surface area contributed by atoms with E-state index in [1.54, 1.807) is 38.1 Å². The second kappa shape index (κ2) is 9.42. The summed E-state index contributed by atoms with van der Waals surface area (Å²) >= 11 is 12.8. The molecule has 4 N–H and O–H groups in total. The third kappa shape index (κ3) is 5.55. The van der Waals surface area contributed by atoms with Gasteiger partial charge in [-0.3, -0.25) is 19.7 Å². The van der Waals surface area contributed by atoms with E-state index in [0.29, 0.717) is 23.1 Å². The highest BCUT2D eigenvalue weighted by Crippen LogP contribution is 2.37. The molecule has 0 saturated carbocycles. The summed E-state index contributed by atoms with van der Waals surface area (Å²) in [6.07, 6.45) is 0.521. The van der Waals surface area contributed by atoms with Crippen LogP contribution in [0.15, 0.2) is 41.3 Å². The van der Waals surface area contributed by atoms with Gasteiger partial charge in [0.15, 0.2) is 0 Å². The maximum Gasteiger partial charge on any atom is 0.238 e. The smallest absolute Gasteiger partial charge is 0.238 e. The lowest BCUT2D eigenvalue weighted by atomic mass is 9.83. The Morgan fingerprint density at radius 2 is 1.73 bits per heavy atom. The summed E-state index contributed by atoms with van der Waals surface area (Å²) < 4.78 is 22.9. The lowest BCUT2D eigenvalue weighted by molar-refractivity contribution is -0.134. The minimum absolute atomic E-state index is 0.0390. The van der Waals surface area contributed by atoms with Crippen molar-refractivity contribution < 1.29 is 22.8 Å². The maximum atomic E-state index is 12.9. The Bertz CT molecular complexity index is 1200. The number of nitrogens with one attached hydrogen (secondary N) is 2. The normalized spacial score (nSPS) is 16.9. The molecule has 1 heterocycles. The molecule has 2 aromatic rings. The van der Waals surface area contributed by atoms with Gasteiger partial charge in [-0.25, -0.2) is 13.6 Å². The third-order valence-electron chi connectivity index (χ3n) is 5.65. The second-order valence-electron chi connectivity index (χ2n) is 8.35. The predicted molar refractivity (Wildman–Crippen MR) is 124 cm³/mol. The number of hydrogen-bond donors (Lipinski definition) is 3. The number of sulfonamides is 1. The first-order valence-corrected chi connectivity index (χ1v) is 12.3. The molecule has 3 amide bonds. The maximum absolute atomic E-state index is 12.9. The molecule has 8 nitrogen and oxygen atoms in total. The van der Waals surface area contributed by atoms with Crippen molar-refractivity contribution >= 4 is 50.9 Å². The standard InChI is InChI=1S/C22H23Cl2N3O5S/c1-22(2,13-3-5-14(6-4-13)33(25,31)32)21(30)26-11-12-9-16(23)19(17(24)10-12)15-7-8-18(28)27-20(15)29/h3-6,9-10,15H,7-8,11H2,1-2H3,(H,26,30)(H2,25,31,32)(H,27,28,29). The number of imide groups is 1. The van der Waals surface area contributed by atoms with Gasteiger partial charge in [-0.05, 0) is 55.7 Å². The fraction of sp³-hybridized carbons (Fsp3) is 0.318. The van der Waals surface area contributed by atoms with Gasteiger partial charge in [0.05, 0.1) is 16.2 Å². The fourth-order valence-electron chi connectivity index (χ4n) is 3.64. The van der Waals surface area contributed by atoms with Gasteiger partial charge < -0.3 is 5.32 Å². The molecule has 3 rings (SSSR count). The molecular weight excluding hydrogens is 489 g/mol. The molecule has 0 radical (unpaired) electrons. The van der Waals surface area contributed by atoms with E-state index >= 15 is 0 Å². The zero-order valence-electron chi connectivity index (χ0n) is 17.9. The second-order valence-corrected chi connectivity index (χ2v) is 10.7. The predicted octanol–water partition coefficient (Wildman–Crippen LogP) is 2.76. The largest absolute Gasteiger partial charge is 0.351 e. The SMILES string of the molecule is CC(C)(C(=O)NCc1cc(Cl)c(C2CCC(=O)NC2=O)c(Cl)c1)c1ccc(S(N)(=O)=O)cc1. The van der Waals surface area contributed by atoms with Crippen molar-refractivity contribution in [2.45, 2.75) is 49.5 Å². The van der Waals surface area contributed by atoms with Crippen molar-refractivity contribution in [1.29, 1.82) is 0 Å². The zero-order chi connectivity index (χ0) is 24.6. The summed E-state index contributed by atoms with van der Waals surface area (Å²) in [4.78, 5) is 36.4. The number of halogens is 2. The van der Waals surface area contributed by atoms with Gasteiger partial charge in [0.1, 0.15) is 0 Å². The Kier molecular flexibility index (Phi) is 7.18. The van der Waals surface area contributed by atoms with Crippen LogP contribution in [-0.2, 0) is 36.4 Å². The molecule has 1 fully saturated rings. The molecule has 1 atom stereocenters. The molecule has 33 heavy (non-hydrogen) atoms. The molecule has 0 bridgehead atoms. The zero-order valence-corrected chi connectivity index (χ0v) is 20.3. The topological polar surface area (TPSA) is 135 Å². The lowest BCUT2D eigenvalue weighted by Gasteiger charge is -2.25. The van der Waals surface area contributed by atoms with Crippen LogP contribution in [0.2, 0.25) is 10.0 Å². The van der Waals surface area contributed by atoms with Crippen LogP contribution in [0.25, 0.3) is 0 Å². The van der Waals surface area contributed by atoms with E-state index in [4.69, 9.17) is 28.3 Å². The highest BCUT2D eigenvalue weighted by atomic mass is 35.5. The van der Waals surface area contributed by atoms with Gasteiger partial charge in [0.2, 0.25) is 27.7 Å². The van der Waals surface area contributed by atoms with Crippen molar-refractivity contribution in [3.63, 3.8) is 0 Å². The van der Waals surface area contributed by atoms with Gasteiger partial charge in [0.25, 0.3) is 0 Å². The molecule has 0 aromatic heterocycles. The van der Waals surface area contributed by atoms with Crippen LogP contribution < -0.4 is 15.8 Å². The van der Waals surface area contributed by atoms with Crippen molar-refractivity contribution in [1.82, 2.24) is 10.6 Å². The number of nitrogens with two attached hydrogens (primary N) is 1. The minimum atomic E-state index is -3.82. The van der Waals surface area contributed by atoms with Gasteiger partial charge in [-0.2, -0.15) is 0 Å². The number of rotatable bonds is 6. The molecule has 176 valence electrons. The van der Waals surface area contributed by atoms with Crippen LogP contribution in [0, 0.1) is 0 Å². The molecule has 1 aliphatic rings. The van der Waals surface area contributed by atoms with E-state index in [2.05, 4.69) is 10.6 Å². The summed E-state index contributed by atoms with van der Waals surface area (Å²) in [5.41, 5.74) is 0.733. The number of piperidine rings is 1. The first-order valence-electron chi connectivity index (χ1n) is 10.0. The molecule has 1 unspecified atom stereocenters.